The number of carbonyl (C=O) groups excluding carboxylic acids is 1. The minimum absolute atomic E-state index is 0.134. The van der Waals surface area contributed by atoms with Crippen LogP contribution in [0.15, 0.2) is 48.5 Å². The van der Waals surface area contributed by atoms with Crippen molar-refractivity contribution in [3.63, 3.8) is 0 Å². The lowest BCUT2D eigenvalue weighted by Gasteiger charge is -2.31. The highest BCUT2D eigenvalue weighted by molar-refractivity contribution is 5.94. The van der Waals surface area contributed by atoms with Crippen LogP contribution in [0.2, 0.25) is 0 Å². The van der Waals surface area contributed by atoms with Crippen LogP contribution < -0.4 is 5.32 Å². The van der Waals surface area contributed by atoms with E-state index in [4.69, 9.17) is 0 Å². The summed E-state index contributed by atoms with van der Waals surface area (Å²) in [5.41, 5.74) is 1.76. The highest BCUT2D eigenvalue weighted by Gasteiger charge is 2.39. The molecule has 1 saturated carbocycles. The maximum absolute atomic E-state index is 14.2. The van der Waals surface area contributed by atoms with Gasteiger partial charge < -0.3 is 5.32 Å². The van der Waals surface area contributed by atoms with Crippen LogP contribution in [0.1, 0.15) is 47.2 Å². The molecular weight excluding hydrogens is 277 g/mol. The molecule has 2 aromatic carbocycles. The average Bonchev–Trinajstić information content (AvgIpc) is 2.97. The van der Waals surface area contributed by atoms with Gasteiger partial charge in [-0.3, -0.25) is 4.79 Å². The summed E-state index contributed by atoms with van der Waals surface area (Å²) in [5.74, 6) is -0.376. The Labute approximate surface area is 130 Å². The highest BCUT2D eigenvalue weighted by atomic mass is 19.1. The van der Waals surface area contributed by atoms with Gasteiger partial charge in [0.15, 0.2) is 0 Å². The van der Waals surface area contributed by atoms with Gasteiger partial charge in [-0.2, -0.15) is 0 Å². The lowest BCUT2D eigenvalue weighted by atomic mass is 9.87. The van der Waals surface area contributed by atoms with E-state index in [1.807, 2.05) is 37.3 Å². The highest BCUT2D eigenvalue weighted by Crippen LogP contribution is 2.40. The zero-order valence-electron chi connectivity index (χ0n) is 12.7. The van der Waals surface area contributed by atoms with Crippen LogP contribution >= 0.6 is 0 Å². The Morgan fingerprint density at radius 1 is 1.05 bits per heavy atom. The minimum Gasteiger partial charge on any atom is -0.342 e. The Kier molecular flexibility index (Phi) is 3.97. The van der Waals surface area contributed by atoms with Crippen LogP contribution in [-0.2, 0) is 5.54 Å². The Hall–Kier alpha value is -2.16. The molecule has 0 atom stereocenters. The Morgan fingerprint density at radius 3 is 2.32 bits per heavy atom. The second-order valence-electron chi connectivity index (χ2n) is 6.09. The van der Waals surface area contributed by atoms with E-state index < -0.39 is 5.54 Å². The predicted octanol–water partition coefficient (Wildman–Crippen LogP) is 4.33. The lowest BCUT2D eigenvalue weighted by Crippen LogP contribution is -2.44. The summed E-state index contributed by atoms with van der Waals surface area (Å²) < 4.78 is 14.2. The van der Waals surface area contributed by atoms with Crippen molar-refractivity contribution in [2.45, 2.75) is 38.1 Å². The largest absolute Gasteiger partial charge is 0.342 e. The monoisotopic (exact) mass is 297 g/mol. The Morgan fingerprint density at radius 2 is 1.68 bits per heavy atom. The fraction of sp³-hybridized carbons (Fsp3) is 0.316. The van der Waals surface area contributed by atoms with E-state index in [0.29, 0.717) is 11.1 Å². The number of aryl methyl sites for hydroxylation is 1. The SMILES string of the molecule is Cc1ccc(C(=O)NC2(c3ccccc3F)CCCC2)cc1. The second kappa shape index (κ2) is 5.91. The van der Waals surface area contributed by atoms with Crippen molar-refractivity contribution in [3.05, 3.63) is 71.0 Å². The molecule has 2 aromatic rings. The third-order valence-corrected chi connectivity index (χ3v) is 4.51. The summed E-state index contributed by atoms with van der Waals surface area (Å²) in [7, 11) is 0. The van der Waals surface area contributed by atoms with Gasteiger partial charge in [0, 0.05) is 11.1 Å². The summed E-state index contributed by atoms with van der Waals surface area (Å²) in [4.78, 5) is 12.6. The molecule has 3 rings (SSSR count). The molecule has 0 radical (unpaired) electrons. The molecule has 2 nitrogen and oxygen atoms in total. The fourth-order valence-electron chi connectivity index (χ4n) is 3.28. The number of amides is 1. The molecule has 0 unspecified atom stereocenters. The van der Waals surface area contributed by atoms with E-state index in [1.54, 1.807) is 12.1 Å². The quantitative estimate of drug-likeness (QED) is 0.897. The number of halogens is 1. The topological polar surface area (TPSA) is 29.1 Å². The maximum Gasteiger partial charge on any atom is 0.251 e. The Balaban J connectivity index is 1.91. The first-order valence-corrected chi connectivity index (χ1v) is 7.75. The molecule has 0 heterocycles. The van der Waals surface area contributed by atoms with Crippen LogP contribution in [0.5, 0.6) is 0 Å². The predicted molar refractivity (Wildman–Crippen MR) is 85.2 cm³/mol. The normalized spacial score (nSPS) is 16.5. The van der Waals surface area contributed by atoms with Crippen molar-refractivity contribution in [3.8, 4) is 0 Å². The first kappa shape index (κ1) is 14.8. The van der Waals surface area contributed by atoms with E-state index in [-0.39, 0.29) is 11.7 Å². The van der Waals surface area contributed by atoms with E-state index in [2.05, 4.69) is 5.32 Å². The molecule has 3 heteroatoms. The average molecular weight is 297 g/mol. The van der Waals surface area contributed by atoms with Crippen LogP contribution in [0.4, 0.5) is 4.39 Å². The summed E-state index contributed by atoms with van der Waals surface area (Å²) >= 11 is 0. The zero-order valence-corrected chi connectivity index (χ0v) is 12.7. The van der Waals surface area contributed by atoms with Crippen LogP contribution in [0, 0.1) is 12.7 Å². The molecule has 114 valence electrons. The second-order valence-corrected chi connectivity index (χ2v) is 6.09. The molecular formula is C19H20FNO. The number of carbonyl (C=O) groups is 1. The molecule has 1 fully saturated rings. The van der Waals surface area contributed by atoms with Crippen LogP contribution in [0.25, 0.3) is 0 Å². The molecule has 0 aromatic heterocycles. The summed E-state index contributed by atoms with van der Waals surface area (Å²) in [6, 6.07) is 14.2. The van der Waals surface area contributed by atoms with Gasteiger partial charge in [0.1, 0.15) is 5.82 Å². The van der Waals surface area contributed by atoms with E-state index >= 15 is 0 Å². The Bertz CT molecular complexity index is 672. The van der Waals surface area contributed by atoms with Gasteiger partial charge in [0.05, 0.1) is 5.54 Å². The molecule has 0 aliphatic heterocycles. The maximum atomic E-state index is 14.2. The molecule has 1 amide bonds. The summed E-state index contributed by atoms with van der Waals surface area (Å²) in [5, 5.41) is 3.11. The van der Waals surface area contributed by atoms with Gasteiger partial charge in [-0.1, -0.05) is 48.7 Å². The van der Waals surface area contributed by atoms with Gasteiger partial charge in [-0.15, -0.1) is 0 Å². The third-order valence-electron chi connectivity index (χ3n) is 4.51. The molecule has 1 N–H and O–H groups in total. The number of benzene rings is 2. The third kappa shape index (κ3) is 2.76. The van der Waals surface area contributed by atoms with Crippen molar-refractivity contribution in [1.29, 1.82) is 0 Å². The first-order valence-electron chi connectivity index (χ1n) is 7.75. The molecule has 1 aliphatic rings. The summed E-state index contributed by atoms with van der Waals surface area (Å²) in [6.45, 7) is 1.99. The number of rotatable bonds is 3. The smallest absolute Gasteiger partial charge is 0.251 e. The zero-order chi connectivity index (χ0) is 15.6. The van der Waals surface area contributed by atoms with Crippen molar-refractivity contribution in [2.24, 2.45) is 0 Å². The van der Waals surface area contributed by atoms with Crippen molar-refractivity contribution < 1.29 is 9.18 Å². The lowest BCUT2D eigenvalue weighted by molar-refractivity contribution is 0.0896. The standard InChI is InChI=1S/C19H20FNO/c1-14-8-10-15(11-9-14)18(22)21-19(12-4-5-13-19)16-6-2-3-7-17(16)20/h2-3,6-11H,4-5,12-13H2,1H3,(H,21,22). The minimum atomic E-state index is -0.576. The molecule has 0 spiro atoms. The van der Waals surface area contributed by atoms with Gasteiger partial charge >= 0.3 is 0 Å². The fourth-order valence-corrected chi connectivity index (χ4v) is 3.28. The van der Waals surface area contributed by atoms with E-state index in [0.717, 1.165) is 31.2 Å². The molecule has 1 aliphatic carbocycles. The van der Waals surface area contributed by atoms with E-state index in [1.165, 1.54) is 6.07 Å². The first-order chi connectivity index (χ1) is 10.6. The van der Waals surface area contributed by atoms with Crippen molar-refractivity contribution in [2.75, 3.05) is 0 Å². The van der Waals surface area contributed by atoms with Gasteiger partial charge in [0.25, 0.3) is 5.91 Å². The van der Waals surface area contributed by atoms with Gasteiger partial charge in [0.2, 0.25) is 0 Å². The molecule has 0 saturated heterocycles. The van der Waals surface area contributed by atoms with Gasteiger partial charge in [-0.25, -0.2) is 4.39 Å². The number of nitrogens with one attached hydrogen (secondary N) is 1. The van der Waals surface area contributed by atoms with Crippen molar-refractivity contribution in [1.82, 2.24) is 5.32 Å². The number of hydrogen-bond donors (Lipinski definition) is 1. The van der Waals surface area contributed by atoms with Gasteiger partial charge in [-0.05, 0) is 38.0 Å². The van der Waals surface area contributed by atoms with Crippen LogP contribution in [0.3, 0.4) is 0 Å². The summed E-state index contributed by atoms with van der Waals surface area (Å²) in [6.07, 6.45) is 3.57. The number of hydrogen-bond acceptors (Lipinski definition) is 1. The van der Waals surface area contributed by atoms with Crippen LogP contribution in [-0.4, -0.2) is 5.91 Å². The molecule has 22 heavy (non-hydrogen) atoms. The molecule has 0 bridgehead atoms. The van der Waals surface area contributed by atoms with Crippen molar-refractivity contribution >= 4 is 5.91 Å². The van der Waals surface area contributed by atoms with E-state index in [9.17, 15) is 9.18 Å².